The highest BCUT2D eigenvalue weighted by Gasteiger charge is 2.24. The van der Waals surface area contributed by atoms with Crippen molar-refractivity contribution in [1.82, 2.24) is 5.32 Å². The lowest BCUT2D eigenvalue weighted by Crippen LogP contribution is -2.19. The highest BCUT2D eigenvalue weighted by molar-refractivity contribution is 7.12. The SMILES string of the molecule is CNC(c1ccc(C(C)(C)C)s1)c1c(F)cccc1OC. The number of ether oxygens (including phenoxy) is 1. The molecule has 0 saturated carbocycles. The van der Waals surface area contributed by atoms with Crippen LogP contribution in [0.5, 0.6) is 5.75 Å². The van der Waals surface area contributed by atoms with Gasteiger partial charge in [0.25, 0.3) is 0 Å². The summed E-state index contributed by atoms with van der Waals surface area (Å²) in [6.07, 6.45) is 0. The summed E-state index contributed by atoms with van der Waals surface area (Å²) in [7, 11) is 3.41. The molecule has 1 aromatic carbocycles. The lowest BCUT2D eigenvalue weighted by molar-refractivity contribution is 0.399. The zero-order valence-corrected chi connectivity index (χ0v) is 14.0. The maximum Gasteiger partial charge on any atom is 0.132 e. The van der Waals surface area contributed by atoms with Crippen molar-refractivity contribution in [2.24, 2.45) is 0 Å². The Morgan fingerprint density at radius 2 is 1.90 bits per heavy atom. The average Bonchev–Trinajstić information content (AvgIpc) is 2.91. The molecule has 1 unspecified atom stereocenters. The summed E-state index contributed by atoms with van der Waals surface area (Å²) in [6, 6.07) is 8.92. The first-order valence-electron chi connectivity index (χ1n) is 6.98. The van der Waals surface area contributed by atoms with Crippen LogP contribution in [0.15, 0.2) is 30.3 Å². The van der Waals surface area contributed by atoms with Crippen molar-refractivity contribution in [3.05, 3.63) is 51.5 Å². The number of thiophene rings is 1. The molecule has 1 aromatic heterocycles. The van der Waals surface area contributed by atoms with Gasteiger partial charge in [0.1, 0.15) is 11.6 Å². The Balaban J connectivity index is 2.48. The minimum absolute atomic E-state index is 0.0977. The normalized spacial score (nSPS) is 13.2. The fraction of sp³-hybridized carbons (Fsp3) is 0.412. The molecule has 1 heterocycles. The molecule has 0 bridgehead atoms. The van der Waals surface area contributed by atoms with E-state index in [0.717, 1.165) is 4.88 Å². The van der Waals surface area contributed by atoms with Crippen molar-refractivity contribution < 1.29 is 9.13 Å². The highest BCUT2D eigenvalue weighted by Crippen LogP contribution is 2.38. The monoisotopic (exact) mass is 307 g/mol. The Morgan fingerprint density at radius 1 is 1.19 bits per heavy atom. The zero-order chi connectivity index (χ0) is 15.6. The van der Waals surface area contributed by atoms with E-state index < -0.39 is 0 Å². The molecule has 2 nitrogen and oxygen atoms in total. The summed E-state index contributed by atoms with van der Waals surface area (Å²) in [5, 5.41) is 3.21. The van der Waals surface area contributed by atoms with Gasteiger partial charge in [-0.1, -0.05) is 26.8 Å². The molecular formula is C17H22FNOS. The Bertz CT molecular complexity index is 615. The molecule has 0 aliphatic rings. The van der Waals surface area contributed by atoms with Crippen LogP contribution in [0.4, 0.5) is 4.39 Å². The molecule has 1 N–H and O–H groups in total. The Hall–Kier alpha value is -1.39. The average molecular weight is 307 g/mol. The minimum atomic E-state index is -0.251. The first-order valence-corrected chi connectivity index (χ1v) is 7.80. The van der Waals surface area contributed by atoms with Crippen molar-refractivity contribution in [2.45, 2.75) is 32.2 Å². The molecule has 4 heteroatoms. The van der Waals surface area contributed by atoms with Crippen LogP contribution >= 0.6 is 11.3 Å². The van der Waals surface area contributed by atoms with Crippen LogP contribution in [0.2, 0.25) is 0 Å². The topological polar surface area (TPSA) is 21.3 Å². The molecule has 0 aliphatic carbocycles. The van der Waals surface area contributed by atoms with E-state index in [2.05, 4.69) is 38.2 Å². The van der Waals surface area contributed by atoms with Crippen LogP contribution in [-0.4, -0.2) is 14.2 Å². The van der Waals surface area contributed by atoms with E-state index in [0.29, 0.717) is 11.3 Å². The number of halogens is 1. The van der Waals surface area contributed by atoms with Crippen LogP contribution in [0.1, 0.15) is 42.1 Å². The number of rotatable bonds is 4. The minimum Gasteiger partial charge on any atom is -0.496 e. The second kappa shape index (κ2) is 6.16. The van der Waals surface area contributed by atoms with E-state index in [-0.39, 0.29) is 17.3 Å². The van der Waals surface area contributed by atoms with E-state index in [4.69, 9.17) is 4.74 Å². The predicted octanol–water partition coefficient (Wildman–Crippen LogP) is 4.50. The molecule has 0 fully saturated rings. The third-order valence-corrected chi connectivity index (χ3v) is 5.04. The van der Waals surface area contributed by atoms with Gasteiger partial charge in [-0.25, -0.2) is 4.39 Å². The molecule has 0 amide bonds. The van der Waals surface area contributed by atoms with Gasteiger partial charge in [-0.05, 0) is 36.7 Å². The maximum atomic E-state index is 14.3. The zero-order valence-electron chi connectivity index (χ0n) is 13.2. The summed E-state index contributed by atoms with van der Waals surface area (Å²) in [5.41, 5.74) is 0.658. The first kappa shape index (κ1) is 16.0. The van der Waals surface area contributed by atoms with E-state index in [1.165, 1.54) is 10.9 Å². The van der Waals surface area contributed by atoms with Gasteiger partial charge in [-0.3, -0.25) is 0 Å². The molecule has 1 atom stereocenters. The van der Waals surface area contributed by atoms with Gasteiger partial charge in [-0.2, -0.15) is 0 Å². The maximum absolute atomic E-state index is 14.3. The molecule has 0 aliphatic heterocycles. The van der Waals surface area contributed by atoms with Crippen LogP contribution in [-0.2, 0) is 5.41 Å². The smallest absolute Gasteiger partial charge is 0.132 e. The molecule has 2 aromatic rings. The largest absolute Gasteiger partial charge is 0.496 e. The highest BCUT2D eigenvalue weighted by atomic mass is 32.1. The van der Waals surface area contributed by atoms with Gasteiger partial charge in [-0.15, -0.1) is 11.3 Å². The second-order valence-electron chi connectivity index (χ2n) is 6.03. The Morgan fingerprint density at radius 3 is 2.43 bits per heavy atom. The van der Waals surface area contributed by atoms with Crippen LogP contribution in [0.3, 0.4) is 0 Å². The standard InChI is InChI=1S/C17H22FNOS/c1-17(2,3)14-10-9-13(21-14)16(19-4)15-11(18)7-6-8-12(15)20-5/h6-10,16,19H,1-5H3. The van der Waals surface area contributed by atoms with E-state index in [1.807, 2.05) is 7.05 Å². The van der Waals surface area contributed by atoms with Crippen molar-refractivity contribution in [2.75, 3.05) is 14.2 Å². The fourth-order valence-electron chi connectivity index (χ4n) is 2.32. The quantitative estimate of drug-likeness (QED) is 0.898. The third kappa shape index (κ3) is 3.27. The molecule has 0 spiro atoms. The summed E-state index contributed by atoms with van der Waals surface area (Å²) in [5.74, 6) is 0.319. The van der Waals surface area contributed by atoms with Crippen LogP contribution in [0.25, 0.3) is 0 Å². The van der Waals surface area contributed by atoms with Gasteiger partial charge < -0.3 is 10.1 Å². The molecular weight excluding hydrogens is 285 g/mol. The third-order valence-electron chi connectivity index (χ3n) is 3.46. The van der Waals surface area contributed by atoms with Gasteiger partial charge in [0.15, 0.2) is 0 Å². The number of benzene rings is 1. The molecule has 114 valence electrons. The van der Waals surface area contributed by atoms with Crippen molar-refractivity contribution >= 4 is 11.3 Å². The van der Waals surface area contributed by atoms with Gasteiger partial charge in [0.05, 0.1) is 18.7 Å². The summed E-state index contributed by atoms with van der Waals surface area (Å²) < 4.78 is 19.6. The number of hydrogen-bond donors (Lipinski definition) is 1. The van der Waals surface area contributed by atoms with Gasteiger partial charge in [0, 0.05) is 9.75 Å². The lowest BCUT2D eigenvalue weighted by atomic mass is 9.95. The predicted molar refractivity (Wildman–Crippen MR) is 86.9 cm³/mol. The molecule has 2 rings (SSSR count). The summed E-state index contributed by atoms with van der Waals surface area (Å²) in [4.78, 5) is 2.37. The van der Waals surface area contributed by atoms with Crippen LogP contribution < -0.4 is 10.1 Å². The molecule has 21 heavy (non-hydrogen) atoms. The van der Waals surface area contributed by atoms with Crippen LogP contribution in [0, 0.1) is 5.82 Å². The van der Waals surface area contributed by atoms with Gasteiger partial charge >= 0.3 is 0 Å². The number of methoxy groups -OCH3 is 1. The summed E-state index contributed by atoms with van der Waals surface area (Å²) >= 11 is 1.71. The van der Waals surface area contributed by atoms with Gasteiger partial charge in [0.2, 0.25) is 0 Å². The van der Waals surface area contributed by atoms with E-state index in [1.54, 1.807) is 30.6 Å². The molecule has 0 saturated heterocycles. The van der Waals surface area contributed by atoms with Crippen molar-refractivity contribution in [3.8, 4) is 5.75 Å². The number of hydrogen-bond acceptors (Lipinski definition) is 3. The Kier molecular flexibility index (Phi) is 4.69. The Labute approximate surface area is 130 Å². The van der Waals surface area contributed by atoms with Crippen molar-refractivity contribution in [1.29, 1.82) is 0 Å². The molecule has 0 radical (unpaired) electrons. The second-order valence-corrected chi connectivity index (χ2v) is 7.14. The number of nitrogens with one attached hydrogen (secondary N) is 1. The van der Waals surface area contributed by atoms with E-state index in [9.17, 15) is 4.39 Å². The van der Waals surface area contributed by atoms with Crippen molar-refractivity contribution in [3.63, 3.8) is 0 Å². The first-order chi connectivity index (χ1) is 9.88. The fourth-order valence-corrected chi connectivity index (χ4v) is 3.50. The van der Waals surface area contributed by atoms with E-state index >= 15 is 0 Å². The summed E-state index contributed by atoms with van der Waals surface area (Å²) in [6.45, 7) is 6.54. The lowest BCUT2D eigenvalue weighted by Gasteiger charge is -2.20.